The molecule has 12 heteroatoms. The lowest BCUT2D eigenvalue weighted by atomic mass is 9.95. The van der Waals surface area contributed by atoms with E-state index in [9.17, 15) is 30.3 Å². The molecule has 4 heterocycles. The second kappa shape index (κ2) is 8.47. The Morgan fingerprint density at radius 3 is 2.61 bits per heavy atom. The van der Waals surface area contributed by atoms with E-state index in [1.54, 1.807) is 0 Å². The minimum atomic E-state index is -1.54. The Morgan fingerprint density at radius 2 is 1.86 bits per heavy atom. The highest BCUT2D eigenvalue weighted by atomic mass is 16.7. The molecule has 2 aromatic carbocycles. The minimum absolute atomic E-state index is 0.0351. The van der Waals surface area contributed by atoms with Crippen molar-refractivity contribution >= 4 is 21.9 Å². The van der Waals surface area contributed by atoms with Gasteiger partial charge in [-0.1, -0.05) is 0 Å². The molecule has 0 aliphatic carbocycles. The van der Waals surface area contributed by atoms with E-state index >= 15 is 0 Å². The lowest BCUT2D eigenvalue weighted by Crippen LogP contribution is -2.60. The number of aliphatic hydroxyl groups is 3. The standard InChI is InChI=1S/C24H24O12/c1-31-22-14(7-25)36-24(21(30)20(22)29)33-8-4-10(26)16-11(5-8)34-13-6-12-15(18(27)17(13)19(16)28)9-2-3-32-23(9)35-12/h4-6,9,14,20-27,29-30H,2-3,7H2,1H3. The number of rotatable bonds is 4. The molecule has 3 aliphatic rings. The van der Waals surface area contributed by atoms with E-state index in [-0.39, 0.29) is 39.4 Å². The molecular formula is C24H24O12. The van der Waals surface area contributed by atoms with Crippen LogP contribution in [0.1, 0.15) is 17.9 Å². The molecule has 5 N–H and O–H groups in total. The molecule has 0 bridgehead atoms. The van der Waals surface area contributed by atoms with Crippen LogP contribution in [0.5, 0.6) is 23.0 Å². The average molecular weight is 504 g/mol. The first kappa shape index (κ1) is 23.3. The van der Waals surface area contributed by atoms with Crippen molar-refractivity contribution in [3.05, 3.63) is 34.0 Å². The van der Waals surface area contributed by atoms with E-state index in [1.807, 2.05) is 0 Å². The van der Waals surface area contributed by atoms with Gasteiger partial charge in [-0.05, 0) is 6.42 Å². The van der Waals surface area contributed by atoms with Crippen LogP contribution in [0.25, 0.3) is 21.9 Å². The number of methoxy groups -OCH3 is 1. The quantitative estimate of drug-likeness (QED) is 0.310. The summed E-state index contributed by atoms with van der Waals surface area (Å²) >= 11 is 0. The number of benzene rings is 2. The third-order valence-electron chi connectivity index (χ3n) is 6.99. The van der Waals surface area contributed by atoms with Gasteiger partial charge in [0.15, 0.2) is 0 Å². The summed E-state index contributed by atoms with van der Waals surface area (Å²) in [5.41, 5.74) is -0.194. The van der Waals surface area contributed by atoms with Crippen molar-refractivity contribution in [3.8, 4) is 23.0 Å². The van der Waals surface area contributed by atoms with Gasteiger partial charge in [0.25, 0.3) is 0 Å². The predicted molar refractivity (Wildman–Crippen MR) is 120 cm³/mol. The lowest BCUT2D eigenvalue weighted by molar-refractivity contribution is -0.281. The molecule has 0 radical (unpaired) electrons. The predicted octanol–water partition coefficient (Wildman–Crippen LogP) is 0.413. The van der Waals surface area contributed by atoms with E-state index in [1.165, 1.54) is 19.2 Å². The number of ether oxygens (including phenoxy) is 5. The first-order valence-corrected chi connectivity index (χ1v) is 11.4. The molecule has 3 aliphatic heterocycles. The normalized spacial score (nSPS) is 31.4. The van der Waals surface area contributed by atoms with Crippen LogP contribution in [0.3, 0.4) is 0 Å². The van der Waals surface area contributed by atoms with Gasteiger partial charge in [0.05, 0.1) is 19.1 Å². The van der Waals surface area contributed by atoms with Gasteiger partial charge in [0.1, 0.15) is 69.4 Å². The second-order valence-corrected chi connectivity index (χ2v) is 9.03. The fourth-order valence-corrected chi connectivity index (χ4v) is 5.25. The average Bonchev–Trinajstić information content (AvgIpc) is 3.42. The summed E-state index contributed by atoms with van der Waals surface area (Å²) in [5.74, 6) is -0.663. The topological polar surface area (TPSA) is 178 Å². The summed E-state index contributed by atoms with van der Waals surface area (Å²) in [5, 5.41) is 51.7. The highest BCUT2D eigenvalue weighted by Gasteiger charge is 2.46. The van der Waals surface area contributed by atoms with E-state index in [4.69, 9.17) is 28.1 Å². The summed E-state index contributed by atoms with van der Waals surface area (Å²) in [6.45, 7) is -0.0294. The van der Waals surface area contributed by atoms with Gasteiger partial charge < -0.3 is 53.6 Å². The van der Waals surface area contributed by atoms with Crippen molar-refractivity contribution < 1.29 is 53.6 Å². The molecule has 2 fully saturated rings. The Labute approximate surface area is 202 Å². The maximum absolute atomic E-state index is 13.3. The molecule has 3 aromatic rings. The van der Waals surface area contributed by atoms with Gasteiger partial charge in [0.2, 0.25) is 18.0 Å². The number of hydrogen-bond donors (Lipinski definition) is 5. The Balaban J connectivity index is 1.41. The Bertz CT molecular complexity index is 1400. The van der Waals surface area contributed by atoms with Crippen molar-refractivity contribution in [3.63, 3.8) is 0 Å². The first-order valence-electron chi connectivity index (χ1n) is 11.4. The lowest BCUT2D eigenvalue weighted by Gasteiger charge is -2.41. The monoisotopic (exact) mass is 504 g/mol. The van der Waals surface area contributed by atoms with Crippen LogP contribution in [0, 0.1) is 0 Å². The maximum Gasteiger partial charge on any atom is 0.229 e. The van der Waals surface area contributed by atoms with Crippen molar-refractivity contribution in [2.24, 2.45) is 0 Å². The number of phenolic OH excluding ortho intramolecular Hbond substituents is 2. The van der Waals surface area contributed by atoms with Gasteiger partial charge in [-0.3, -0.25) is 4.79 Å². The zero-order chi connectivity index (χ0) is 25.3. The summed E-state index contributed by atoms with van der Waals surface area (Å²) < 4.78 is 33.4. The summed E-state index contributed by atoms with van der Waals surface area (Å²) in [6, 6.07) is 3.93. The maximum atomic E-state index is 13.3. The van der Waals surface area contributed by atoms with E-state index in [2.05, 4.69) is 0 Å². The molecule has 192 valence electrons. The van der Waals surface area contributed by atoms with Crippen LogP contribution in [-0.4, -0.2) is 82.9 Å². The van der Waals surface area contributed by atoms with Gasteiger partial charge >= 0.3 is 0 Å². The Kier molecular flexibility index (Phi) is 5.48. The van der Waals surface area contributed by atoms with Crippen molar-refractivity contribution in [1.82, 2.24) is 0 Å². The number of phenols is 2. The highest BCUT2D eigenvalue weighted by molar-refractivity contribution is 5.98. The Morgan fingerprint density at radius 1 is 1.08 bits per heavy atom. The third-order valence-corrected chi connectivity index (χ3v) is 6.99. The first-order chi connectivity index (χ1) is 17.3. The van der Waals surface area contributed by atoms with Gasteiger partial charge in [-0.25, -0.2) is 0 Å². The van der Waals surface area contributed by atoms with Gasteiger partial charge in [-0.15, -0.1) is 0 Å². The number of fused-ring (bicyclic) bond motifs is 5. The fourth-order valence-electron chi connectivity index (χ4n) is 5.25. The molecule has 0 saturated carbocycles. The van der Waals surface area contributed by atoms with Gasteiger partial charge in [-0.2, -0.15) is 0 Å². The Hall–Kier alpha value is -3.13. The zero-order valence-electron chi connectivity index (χ0n) is 19.0. The van der Waals surface area contributed by atoms with Gasteiger partial charge in [0, 0.05) is 30.9 Å². The van der Waals surface area contributed by atoms with Crippen molar-refractivity contribution in [2.75, 3.05) is 20.3 Å². The van der Waals surface area contributed by atoms with Crippen LogP contribution in [0.15, 0.2) is 27.4 Å². The molecule has 0 spiro atoms. The summed E-state index contributed by atoms with van der Waals surface area (Å²) in [6.07, 6.45) is -6.27. The smallest absolute Gasteiger partial charge is 0.229 e. The molecule has 6 rings (SSSR count). The summed E-state index contributed by atoms with van der Waals surface area (Å²) in [7, 11) is 1.30. The van der Waals surface area contributed by atoms with E-state index in [0.29, 0.717) is 24.3 Å². The molecule has 1 aromatic heterocycles. The number of aliphatic hydroxyl groups excluding tert-OH is 3. The molecule has 0 amide bonds. The van der Waals surface area contributed by atoms with Crippen LogP contribution in [0.2, 0.25) is 0 Å². The molecule has 36 heavy (non-hydrogen) atoms. The van der Waals surface area contributed by atoms with Crippen LogP contribution in [0.4, 0.5) is 0 Å². The van der Waals surface area contributed by atoms with E-state index < -0.39 is 54.8 Å². The summed E-state index contributed by atoms with van der Waals surface area (Å²) in [4.78, 5) is 13.3. The van der Waals surface area contributed by atoms with Crippen LogP contribution < -0.4 is 14.9 Å². The molecule has 12 nitrogen and oxygen atoms in total. The second-order valence-electron chi connectivity index (χ2n) is 9.03. The van der Waals surface area contributed by atoms with Crippen LogP contribution >= 0.6 is 0 Å². The van der Waals surface area contributed by atoms with Crippen molar-refractivity contribution in [2.45, 2.75) is 49.3 Å². The van der Waals surface area contributed by atoms with Crippen molar-refractivity contribution in [1.29, 1.82) is 0 Å². The molecule has 7 atom stereocenters. The highest BCUT2D eigenvalue weighted by Crippen LogP contribution is 2.51. The zero-order valence-corrected chi connectivity index (χ0v) is 19.0. The third kappa shape index (κ3) is 3.34. The molecular weight excluding hydrogens is 480 g/mol. The van der Waals surface area contributed by atoms with E-state index in [0.717, 1.165) is 6.07 Å². The molecule has 7 unspecified atom stereocenters. The SMILES string of the molecule is COC1C(CO)OC(Oc2cc(O)c3c(=O)c4c(O)c5c(cc4oc3c2)OC2OCCC52)C(O)C1O. The minimum Gasteiger partial charge on any atom is -0.507 e. The number of aromatic hydroxyl groups is 2. The number of hydrogen-bond acceptors (Lipinski definition) is 12. The fraction of sp³-hybridized carbons (Fsp3) is 0.458. The largest absolute Gasteiger partial charge is 0.507 e. The molecule has 2 saturated heterocycles. The van der Waals surface area contributed by atoms with Crippen LogP contribution in [-0.2, 0) is 14.2 Å².